The van der Waals surface area contributed by atoms with Gasteiger partial charge in [0.1, 0.15) is 0 Å². The van der Waals surface area contributed by atoms with Crippen LogP contribution >= 0.6 is 0 Å². The van der Waals surface area contributed by atoms with Crippen molar-refractivity contribution in [3.63, 3.8) is 0 Å². The van der Waals surface area contributed by atoms with E-state index in [4.69, 9.17) is 0 Å². The van der Waals surface area contributed by atoms with Gasteiger partial charge < -0.3 is 17.4 Å². The number of hydrogen-bond acceptors (Lipinski definition) is 3. The molecular formula is C10H17ClN3O2-. The lowest BCUT2D eigenvalue weighted by molar-refractivity contribution is -0.00000364. The molecule has 1 aromatic heterocycles. The van der Waals surface area contributed by atoms with E-state index in [1.54, 1.807) is 6.92 Å². The summed E-state index contributed by atoms with van der Waals surface area (Å²) in [6.07, 6.45) is 0. The Bertz CT molecular complexity index is 434. The predicted molar refractivity (Wildman–Crippen MR) is 59.0 cm³/mol. The van der Waals surface area contributed by atoms with Gasteiger partial charge in [-0.2, -0.15) is 0 Å². The van der Waals surface area contributed by atoms with Gasteiger partial charge in [0.15, 0.2) is 0 Å². The van der Waals surface area contributed by atoms with Gasteiger partial charge in [-0.1, -0.05) is 13.8 Å². The van der Waals surface area contributed by atoms with Crippen molar-refractivity contribution in [1.82, 2.24) is 14.9 Å². The number of aryl methyl sites for hydroxylation is 1. The number of H-pyrrole nitrogens is 2. The van der Waals surface area contributed by atoms with E-state index in [0.717, 1.165) is 13.1 Å². The van der Waals surface area contributed by atoms with Crippen LogP contribution in [0.5, 0.6) is 0 Å². The number of nitrogens with zero attached hydrogens (tertiary/aromatic N) is 1. The van der Waals surface area contributed by atoms with Crippen LogP contribution in [0, 0.1) is 6.92 Å². The number of aromatic amines is 2. The third-order valence-corrected chi connectivity index (χ3v) is 2.53. The van der Waals surface area contributed by atoms with Gasteiger partial charge in [0.05, 0.1) is 5.56 Å². The lowest BCUT2D eigenvalue weighted by Crippen LogP contribution is -3.00. The van der Waals surface area contributed by atoms with E-state index in [2.05, 4.69) is 14.9 Å². The van der Waals surface area contributed by atoms with Crippen LogP contribution in [0.1, 0.15) is 25.1 Å². The Kier molecular flexibility index (Phi) is 6.06. The van der Waals surface area contributed by atoms with Crippen molar-refractivity contribution in [3.05, 3.63) is 32.1 Å². The van der Waals surface area contributed by atoms with Crippen LogP contribution in [-0.2, 0) is 6.54 Å². The third-order valence-electron chi connectivity index (χ3n) is 2.53. The summed E-state index contributed by atoms with van der Waals surface area (Å²) >= 11 is 0. The lowest BCUT2D eigenvalue weighted by atomic mass is 10.2. The maximum Gasteiger partial charge on any atom is 0.325 e. The van der Waals surface area contributed by atoms with Crippen LogP contribution in [0.4, 0.5) is 0 Å². The molecule has 5 nitrogen and oxygen atoms in total. The van der Waals surface area contributed by atoms with Crippen LogP contribution < -0.4 is 23.7 Å². The highest BCUT2D eigenvalue weighted by molar-refractivity contribution is 5.14. The van der Waals surface area contributed by atoms with Gasteiger partial charge in [-0.25, -0.2) is 4.79 Å². The van der Waals surface area contributed by atoms with Crippen molar-refractivity contribution in [1.29, 1.82) is 0 Å². The largest absolute Gasteiger partial charge is 1.00 e. The van der Waals surface area contributed by atoms with Crippen molar-refractivity contribution in [2.75, 3.05) is 13.1 Å². The molecule has 0 saturated heterocycles. The number of aromatic nitrogens is 2. The fourth-order valence-corrected chi connectivity index (χ4v) is 1.49. The third kappa shape index (κ3) is 3.50. The van der Waals surface area contributed by atoms with Crippen LogP contribution in [0.15, 0.2) is 9.59 Å². The molecule has 0 bridgehead atoms. The van der Waals surface area contributed by atoms with Crippen molar-refractivity contribution in [2.45, 2.75) is 27.3 Å². The highest BCUT2D eigenvalue weighted by Crippen LogP contribution is 2.00. The highest BCUT2D eigenvalue weighted by atomic mass is 35.5. The van der Waals surface area contributed by atoms with Crippen molar-refractivity contribution in [3.8, 4) is 0 Å². The Morgan fingerprint density at radius 3 is 2.12 bits per heavy atom. The second-order valence-electron chi connectivity index (χ2n) is 3.47. The molecular weight excluding hydrogens is 230 g/mol. The first kappa shape index (κ1) is 14.9. The van der Waals surface area contributed by atoms with Crippen LogP contribution in [-0.4, -0.2) is 28.0 Å². The molecule has 0 aromatic carbocycles. The molecule has 1 heterocycles. The van der Waals surface area contributed by atoms with Crippen LogP contribution in [0.25, 0.3) is 0 Å². The molecule has 0 aliphatic carbocycles. The van der Waals surface area contributed by atoms with Gasteiger partial charge in [-0.3, -0.25) is 14.7 Å². The zero-order valence-corrected chi connectivity index (χ0v) is 10.5. The molecule has 6 heteroatoms. The zero-order chi connectivity index (χ0) is 11.4. The van der Waals surface area contributed by atoms with Crippen molar-refractivity contribution < 1.29 is 12.4 Å². The Labute approximate surface area is 100 Å². The van der Waals surface area contributed by atoms with E-state index in [-0.39, 0.29) is 18.0 Å². The summed E-state index contributed by atoms with van der Waals surface area (Å²) in [5, 5.41) is 0. The predicted octanol–water partition coefficient (Wildman–Crippen LogP) is -2.78. The first-order valence-corrected chi connectivity index (χ1v) is 5.12. The second-order valence-corrected chi connectivity index (χ2v) is 3.47. The molecule has 1 aromatic rings. The minimum Gasteiger partial charge on any atom is -1.00 e. The molecule has 0 amide bonds. The van der Waals surface area contributed by atoms with Gasteiger partial charge in [0, 0.05) is 12.2 Å². The van der Waals surface area contributed by atoms with E-state index in [9.17, 15) is 9.59 Å². The fourth-order valence-electron chi connectivity index (χ4n) is 1.49. The maximum absolute atomic E-state index is 11.5. The molecule has 0 aliphatic rings. The smallest absolute Gasteiger partial charge is 0.325 e. The lowest BCUT2D eigenvalue weighted by Gasteiger charge is -2.18. The second kappa shape index (κ2) is 6.50. The molecule has 1 rings (SSSR count). The molecule has 92 valence electrons. The SMILES string of the molecule is CCN(CC)Cc1c(C)[nH]c(=O)[nH]c1=O.[Cl-]. The molecule has 0 spiro atoms. The number of halogens is 1. The van der Waals surface area contributed by atoms with Crippen LogP contribution in [0.2, 0.25) is 0 Å². The summed E-state index contributed by atoms with van der Waals surface area (Å²) in [5.41, 5.74) is 0.554. The summed E-state index contributed by atoms with van der Waals surface area (Å²) in [5.74, 6) is 0. The monoisotopic (exact) mass is 246 g/mol. The summed E-state index contributed by atoms with van der Waals surface area (Å²) in [6, 6.07) is 0. The minimum absolute atomic E-state index is 0. The van der Waals surface area contributed by atoms with Gasteiger partial charge in [0.25, 0.3) is 5.56 Å². The normalized spacial score (nSPS) is 10.2. The van der Waals surface area contributed by atoms with Crippen molar-refractivity contribution >= 4 is 0 Å². The number of nitrogens with one attached hydrogen (secondary N) is 2. The standard InChI is InChI=1S/C10H17N3O2.ClH/c1-4-13(5-2)6-8-7(3)11-10(15)12-9(8)14;/h4-6H2,1-3H3,(H2,11,12,14,15);1H/p-1. The summed E-state index contributed by atoms with van der Waals surface area (Å²) < 4.78 is 0. The molecule has 0 fully saturated rings. The van der Waals surface area contributed by atoms with E-state index in [0.29, 0.717) is 17.8 Å². The molecule has 0 radical (unpaired) electrons. The minimum atomic E-state index is -0.444. The number of rotatable bonds is 4. The first-order valence-electron chi connectivity index (χ1n) is 5.12. The van der Waals surface area contributed by atoms with Gasteiger partial charge in [-0.05, 0) is 20.0 Å². The van der Waals surface area contributed by atoms with Gasteiger partial charge in [-0.15, -0.1) is 0 Å². The Hall–Kier alpha value is -1.07. The Morgan fingerprint density at radius 1 is 1.12 bits per heavy atom. The average molecular weight is 247 g/mol. The molecule has 0 atom stereocenters. The van der Waals surface area contributed by atoms with E-state index in [1.165, 1.54) is 0 Å². The van der Waals surface area contributed by atoms with Gasteiger partial charge >= 0.3 is 5.69 Å². The molecule has 0 saturated carbocycles. The molecule has 0 unspecified atom stereocenters. The van der Waals surface area contributed by atoms with Gasteiger partial charge in [0.2, 0.25) is 0 Å². The first-order chi connectivity index (χ1) is 7.08. The van der Waals surface area contributed by atoms with E-state index >= 15 is 0 Å². The fraction of sp³-hybridized carbons (Fsp3) is 0.600. The quantitative estimate of drug-likeness (QED) is 0.604. The van der Waals surface area contributed by atoms with Crippen molar-refractivity contribution in [2.24, 2.45) is 0 Å². The van der Waals surface area contributed by atoms with E-state index < -0.39 is 5.69 Å². The molecule has 0 aliphatic heterocycles. The molecule has 2 N–H and O–H groups in total. The Morgan fingerprint density at radius 2 is 1.69 bits per heavy atom. The van der Waals surface area contributed by atoms with E-state index in [1.807, 2.05) is 13.8 Å². The van der Waals surface area contributed by atoms with Crippen LogP contribution in [0.3, 0.4) is 0 Å². The zero-order valence-electron chi connectivity index (χ0n) is 9.76. The number of hydrogen-bond donors (Lipinski definition) is 2. The topological polar surface area (TPSA) is 69.0 Å². The molecule has 16 heavy (non-hydrogen) atoms. The summed E-state index contributed by atoms with van der Waals surface area (Å²) in [4.78, 5) is 29.4. The highest BCUT2D eigenvalue weighted by Gasteiger charge is 2.08. The summed E-state index contributed by atoms with van der Waals surface area (Å²) in [6.45, 7) is 8.17. The Balaban J connectivity index is 0.00000225. The summed E-state index contributed by atoms with van der Waals surface area (Å²) in [7, 11) is 0. The maximum atomic E-state index is 11.5. The average Bonchev–Trinajstić information content (AvgIpc) is 2.17.